The SMILES string of the molecule is COc1ccc(N2SC(=O)N(C)C2O)cc1. The lowest BCUT2D eigenvalue weighted by molar-refractivity contribution is 0.0751. The number of hydrogen-bond acceptors (Lipinski definition) is 5. The molecule has 0 saturated carbocycles. The number of benzene rings is 1. The van der Waals surface area contributed by atoms with E-state index in [2.05, 4.69) is 0 Å². The third-order valence-electron chi connectivity index (χ3n) is 2.35. The highest BCUT2D eigenvalue weighted by Crippen LogP contribution is 2.34. The van der Waals surface area contributed by atoms with E-state index in [0.29, 0.717) is 0 Å². The Kier molecular flexibility index (Phi) is 2.93. The first-order valence-electron chi connectivity index (χ1n) is 4.69. The minimum atomic E-state index is -0.925. The monoisotopic (exact) mass is 240 g/mol. The molecule has 0 aliphatic carbocycles. The summed E-state index contributed by atoms with van der Waals surface area (Å²) >= 11 is 0.978. The van der Waals surface area contributed by atoms with Gasteiger partial charge in [-0.3, -0.25) is 14.0 Å². The van der Waals surface area contributed by atoms with E-state index in [4.69, 9.17) is 4.74 Å². The topological polar surface area (TPSA) is 53.0 Å². The second-order valence-corrected chi connectivity index (χ2v) is 4.26. The van der Waals surface area contributed by atoms with Gasteiger partial charge in [-0.1, -0.05) is 0 Å². The fraction of sp³-hybridized carbons (Fsp3) is 0.300. The molecular weight excluding hydrogens is 228 g/mol. The summed E-state index contributed by atoms with van der Waals surface area (Å²) in [6.45, 7) is 0. The lowest BCUT2D eigenvalue weighted by Crippen LogP contribution is -2.35. The van der Waals surface area contributed by atoms with Crippen molar-refractivity contribution in [1.82, 2.24) is 4.90 Å². The second-order valence-electron chi connectivity index (χ2n) is 3.34. The molecule has 6 heteroatoms. The predicted octanol–water partition coefficient (Wildman–Crippen LogP) is 1.49. The first-order chi connectivity index (χ1) is 7.63. The zero-order chi connectivity index (χ0) is 11.7. The lowest BCUT2D eigenvalue weighted by atomic mass is 10.3. The largest absolute Gasteiger partial charge is 0.497 e. The molecule has 2 rings (SSSR count). The molecule has 1 saturated heterocycles. The molecule has 1 N–H and O–H groups in total. The van der Waals surface area contributed by atoms with Gasteiger partial charge in [-0.25, -0.2) is 0 Å². The van der Waals surface area contributed by atoms with Gasteiger partial charge >= 0.3 is 5.24 Å². The fourth-order valence-electron chi connectivity index (χ4n) is 1.36. The van der Waals surface area contributed by atoms with Crippen molar-refractivity contribution in [1.29, 1.82) is 0 Å². The highest BCUT2D eigenvalue weighted by Gasteiger charge is 2.35. The van der Waals surface area contributed by atoms with Crippen LogP contribution in [-0.2, 0) is 0 Å². The highest BCUT2D eigenvalue weighted by atomic mass is 32.2. The van der Waals surface area contributed by atoms with Crippen LogP contribution in [0.15, 0.2) is 24.3 Å². The Morgan fingerprint density at radius 2 is 2.00 bits per heavy atom. The zero-order valence-electron chi connectivity index (χ0n) is 8.95. The maximum atomic E-state index is 11.4. The molecule has 1 atom stereocenters. The Bertz CT molecular complexity index is 396. The molecule has 1 aromatic carbocycles. The zero-order valence-corrected chi connectivity index (χ0v) is 9.77. The minimum absolute atomic E-state index is 0.177. The third-order valence-corrected chi connectivity index (χ3v) is 3.39. The number of carbonyl (C=O) groups excluding carboxylic acids is 1. The van der Waals surface area contributed by atoms with E-state index < -0.39 is 6.35 Å². The number of nitrogens with zero attached hydrogens (tertiary/aromatic N) is 2. The van der Waals surface area contributed by atoms with Crippen molar-refractivity contribution < 1.29 is 14.6 Å². The Hall–Kier alpha value is -1.40. The summed E-state index contributed by atoms with van der Waals surface area (Å²) < 4.78 is 6.58. The molecule has 1 aromatic rings. The summed E-state index contributed by atoms with van der Waals surface area (Å²) in [5.74, 6) is 0.738. The van der Waals surface area contributed by atoms with Crippen LogP contribution in [0, 0.1) is 0 Å². The molecule has 0 radical (unpaired) electrons. The molecule has 5 nitrogen and oxygen atoms in total. The maximum absolute atomic E-state index is 11.4. The lowest BCUT2D eigenvalue weighted by Gasteiger charge is -2.21. The molecule has 0 spiro atoms. The quantitative estimate of drug-likeness (QED) is 0.794. The number of methoxy groups -OCH3 is 1. The molecule has 86 valence electrons. The molecule has 16 heavy (non-hydrogen) atoms. The van der Waals surface area contributed by atoms with Gasteiger partial charge in [0.15, 0.2) is 0 Å². The van der Waals surface area contributed by atoms with E-state index >= 15 is 0 Å². The first-order valence-corrected chi connectivity index (χ1v) is 5.47. The van der Waals surface area contributed by atoms with Crippen LogP contribution in [-0.4, -0.2) is 35.8 Å². The summed E-state index contributed by atoms with van der Waals surface area (Å²) in [6.07, 6.45) is -0.925. The Labute approximate surface area is 97.7 Å². The van der Waals surface area contributed by atoms with Crippen LogP contribution in [0.25, 0.3) is 0 Å². The molecule has 0 bridgehead atoms. The van der Waals surface area contributed by atoms with Gasteiger partial charge < -0.3 is 9.84 Å². The number of aliphatic hydroxyl groups is 1. The van der Waals surface area contributed by atoms with Crippen molar-refractivity contribution in [3.05, 3.63) is 24.3 Å². The summed E-state index contributed by atoms with van der Waals surface area (Å²) in [5, 5.41) is 9.61. The predicted molar refractivity (Wildman–Crippen MR) is 62.2 cm³/mol. The second kappa shape index (κ2) is 4.23. The van der Waals surface area contributed by atoms with Crippen molar-refractivity contribution in [3.8, 4) is 5.75 Å². The third kappa shape index (κ3) is 1.81. The maximum Gasteiger partial charge on any atom is 0.305 e. The number of ether oxygens (including phenoxy) is 1. The molecular formula is C10H12N2O3S. The van der Waals surface area contributed by atoms with Crippen LogP contribution < -0.4 is 9.04 Å². The average molecular weight is 240 g/mol. The summed E-state index contributed by atoms with van der Waals surface area (Å²) in [5.41, 5.74) is 0.760. The van der Waals surface area contributed by atoms with Crippen molar-refractivity contribution >= 4 is 22.9 Å². The number of carbonyl (C=O) groups is 1. The normalized spacial score (nSPS) is 20.4. The van der Waals surface area contributed by atoms with Crippen molar-refractivity contribution in [2.24, 2.45) is 0 Å². The van der Waals surface area contributed by atoms with Gasteiger partial charge in [0.1, 0.15) is 5.75 Å². The summed E-state index contributed by atoms with van der Waals surface area (Å²) in [4.78, 5) is 12.6. The van der Waals surface area contributed by atoms with E-state index in [-0.39, 0.29) is 5.24 Å². The first kappa shape index (κ1) is 11.1. The Morgan fingerprint density at radius 1 is 1.38 bits per heavy atom. The summed E-state index contributed by atoms with van der Waals surface area (Å²) in [7, 11) is 3.15. The van der Waals surface area contributed by atoms with E-state index in [0.717, 1.165) is 23.4 Å². The number of anilines is 1. The minimum Gasteiger partial charge on any atom is -0.497 e. The van der Waals surface area contributed by atoms with Gasteiger partial charge in [0.2, 0.25) is 6.35 Å². The van der Waals surface area contributed by atoms with E-state index in [1.54, 1.807) is 42.7 Å². The molecule has 1 fully saturated rings. The van der Waals surface area contributed by atoms with Gasteiger partial charge in [-0.2, -0.15) is 0 Å². The number of amides is 1. The van der Waals surface area contributed by atoms with Gasteiger partial charge in [0.05, 0.1) is 24.7 Å². The molecule has 1 aliphatic rings. The Balaban J connectivity index is 2.21. The standard InChI is InChI=1S/C10H12N2O3S/c1-11-9(13)12(16-10(11)14)7-3-5-8(15-2)6-4-7/h3-6,9,13H,1-2H3. The molecule has 1 heterocycles. The molecule has 0 aromatic heterocycles. The van der Waals surface area contributed by atoms with Crippen LogP contribution >= 0.6 is 11.9 Å². The van der Waals surface area contributed by atoms with E-state index in [9.17, 15) is 9.90 Å². The Morgan fingerprint density at radius 3 is 2.44 bits per heavy atom. The fourth-order valence-corrected chi connectivity index (χ4v) is 2.22. The number of rotatable bonds is 2. The molecule has 1 unspecified atom stereocenters. The molecule has 1 aliphatic heterocycles. The van der Waals surface area contributed by atoms with E-state index in [1.165, 1.54) is 4.90 Å². The van der Waals surface area contributed by atoms with Gasteiger partial charge in [0.25, 0.3) is 0 Å². The smallest absolute Gasteiger partial charge is 0.305 e. The van der Waals surface area contributed by atoms with Crippen molar-refractivity contribution in [2.75, 3.05) is 18.5 Å². The van der Waals surface area contributed by atoms with Gasteiger partial charge in [0, 0.05) is 7.05 Å². The van der Waals surface area contributed by atoms with Crippen LogP contribution in [0.2, 0.25) is 0 Å². The van der Waals surface area contributed by atoms with Crippen LogP contribution in [0.4, 0.5) is 10.5 Å². The summed E-state index contributed by atoms with van der Waals surface area (Å²) in [6, 6.07) is 7.15. The van der Waals surface area contributed by atoms with Crippen LogP contribution in [0.5, 0.6) is 5.75 Å². The van der Waals surface area contributed by atoms with Gasteiger partial charge in [-0.15, -0.1) is 0 Å². The van der Waals surface area contributed by atoms with Crippen LogP contribution in [0.1, 0.15) is 0 Å². The average Bonchev–Trinajstić information content (AvgIpc) is 2.57. The van der Waals surface area contributed by atoms with Crippen molar-refractivity contribution in [3.63, 3.8) is 0 Å². The van der Waals surface area contributed by atoms with Crippen LogP contribution in [0.3, 0.4) is 0 Å². The number of aliphatic hydroxyl groups excluding tert-OH is 1. The molecule has 1 amide bonds. The van der Waals surface area contributed by atoms with E-state index in [1.807, 2.05) is 0 Å². The highest BCUT2D eigenvalue weighted by molar-refractivity contribution is 8.15. The van der Waals surface area contributed by atoms with Gasteiger partial charge in [-0.05, 0) is 24.3 Å². The number of hydrogen-bond donors (Lipinski definition) is 1. The van der Waals surface area contributed by atoms with Crippen molar-refractivity contribution in [2.45, 2.75) is 6.35 Å².